The van der Waals surface area contributed by atoms with Crippen LogP contribution in [-0.2, 0) is 5.75 Å². The lowest BCUT2D eigenvalue weighted by Crippen LogP contribution is -2.03. The topological polar surface area (TPSA) is 49.9 Å². The van der Waals surface area contributed by atoms with Crippen LogP contribution in [0.15, 0.2) is 54.6 Å². The van der Waals surface area contributed by atoms with Gasteiger partial charge in [-0.3, -0.25) is 5.41 Å². The minimum absolute atomic E-state index is 0. The lowest BCUT2D eigenvalue weighted by atomic mass is 10.0. The number of nitrogens with one attached hydrogen (secondary N) is 1. The SMILES string of the molecule is Br.N=C(N)SCc1cccc(-c2ccccc2)c1. The molecule has 0 aromatic heterocycles. The summed E-state index contributed by atoms with van der Waals surface area (Å²) in [6.45, 7) is 0. The van der Waals surface area contributed by atoms with Gasteiger partial charge in [0, 0.05) is 5.75 Å². The van der Waals surface area contributed by atoms with Crippen molar-refractivity contribution in [2.45, 2.75) is 5.75 Å². The molecule has 0 aliphatic heterocycles. The van der Waals surface area contributed by atoms with Crippen LogP contribution in [0.2, 0.25) is 0 Å². The van der Waals surface area contributed by atoms with Crippen LogP contribution in [0.1, 0.15) is 5.56 Å². The second-order valence-corrected chi connectivity index (χ2v) is 4.74. The lowest BCUT2D eigenvalue weighted by Gasteiger charge is -2.05. The minimum atomic E-state index is 0. The Morgan fingerprint density at radius 2 is 1.67 bits per heavy atom. The van der Waals surface area contributed by atoms with Gasteiger partial charge in [0.25, 0.3) is 0 Å². The summed E-state index contributed by atoms with van der Waals surface area (Å²) in [6, 6.07) is 18.6. The monoisotopic (exact) mass is 322 g/mol. The van der Waals surface area contributed by atoms with Crippen LogP contribution in [0.3, 0.4) is 0 Å². The van der Waals surface area contributed by atoms with E-state index in [1.165, 1.54) is 28.5 Å². The summed E-state index contributed by atoms with van der Waals surface area (Å²) < 4.78 is 0. The number of hydrogen-bond donors (Lipinski definition) is 2. The lowest BCUT2D eigenvalue weighted by molar-refractivity contribution is 1.41. The average molecular weight is 323 g/mol. The summed E-state index contributed by atoms with van der Waals surface area (Å²) in [5.41, 5.74) is 8.93. The Morgan fingerprint density at radius 1 is 1.00 bits per heavy atom. The molecule has 0 radical (unpaired) electrons. The number of nitrogens with two attached hydrogens (primary N) is 1. The first-order valence-corrected chi connectivity index (χ1v) is 6.35. The van der Waals surface area contributed by atoms with Crippen LogP contribution >= 0.6 is 28.7 Å². The average Bonchev–Trinajstić information content (AvgIpc) is 2.38. The van der Waals surface area contributed by atoms with Gasteiger partial charge in [-0.05, 0) is 16.7 Å². The molecule has 0 saturated carbocycles. The second-order valence-electron chi connectivity index (χ2n) is 3.72. The Labute approximate surface area is 122 Å². The molecule has 0 aliphatic carbocycles. The Balaban J connectivity index is 0.00000162. The molecular formula is C14H15BrN2S. The van der Waals surface area contributed by atoms with E-state index in [1.807, 2.05) is 24.3 Å². The van der Waals surface area contributed by atoms with Crippen LogP contribution in [0.4, 0.5) is 0 Å². The maximum absolute atomic E-state index is 7.20. The van der Waals surface area contributed by atoms with E-state index < -0.39 is 0 Å². The van der Waals surface area contributed by atoms with Gasteiger partial charge in [0.1, 0.15) is 0 Å². The molecule has 0 bridgehead atoms. The molecular weight excluding hydrogens is 308 g/mol. The van der Waals surface area contributed by atoms with Crippen molar-refractivity contribution in [3.05, 3.63) is 60.2 Å². The smallest absolute Gasteiger partial charge is 0.151 e. The molecule has 2 aromatic rings. The fraction of sp³-hybridized carbons (Fsp3) is 0.0714. The molecule has 3 N–H and O–H groups in total. The van der Waals surface area contributed by atoms with Crippen LogP contribution in [-0.4, -0.2) is 5.17 Å². The third-order valence-corrected chi connectivity index (χ3v) is 3.22. The molecule has 0 fully saturated rings. The maximum atomic E-state index is 7.20. The van der Waals surface area contributed by atoms with Gasteiger partial charge in [0.15, 0.2) is 5.17 Å². The largest absolute Gasteiger partial charge is 0.379 e. The molecule has 0 saturated heterocycles. The van der Waals surface area contributed by atoms with Gasteiger partial charge in [-0.2, -0.15) is 0 Å². The fourth-order valence-electron chi connectivity index (χ4n) is 1.63. The van der Waals surface area contributed by atoms with Crippen molar-refractivity contribution in [3.63, 3.8) is 0 Å². The highest BCUT2D eigenvalue weighted by atomic mass is 79.9. The highest BCUT2D eigenvalue weighted by Crippen LogP contribution is 2.21. The van der Waals surface area contributed by atoms with Crippen molar-refractivity contribution >= 4 is 33.9 Å². The number of halogens is 1. The summed E-state index contributed by atoms with van der Waals surface area (Å²) in [5, 5.41) is 7.36. The molecule has 0 atom stereocenters. The standard InChI is InChI=1S/C14H14N2S.BrH/c15-14(16)17-10-11-5-4-8-13(9-11)12-6-2-1-3-7-12;/h1-9H,10H2,(H3,15,16);1H. The van der Waals surface area contributed by atoms with Crippen LogP contribution in [0.5, 0.6) is 0 Å². The van der Waals surface area contributed by atoms with Gasteiger partial charge < -0.3 is 5.73 Å². The van der Waals surface area contributed by atoms with Crippen molar-refractivity contribution in [2.75, 3.05) is 0 Å². The Morgan fingerprint density at radius 3 is 2.33 bits per heavy atom. The predicted octanol–water partition coefficient (Wildman–Crippen LogP) is 4.06. The molecule has 2 aromatic carbocycles. The molecule has 2 nitrogen and oxygen atoms in total. The molecule has 0 amide bonds. The third kappa shape index (κ3) is 4.20. The number of thioether (sulfide) groups is 1. The van der Waals surface area contributed by atoms with Crippen LogP contribution in [0.25, 0.3) is 11.1 Å². The predicted molar refractivity (Wildman–Crippen MR) is 85.4 cm³/mol. The zero-order valence-corrected chi connectivity index (χ0v) is 12.3. The van der Waals surface area contributed by atoms with E-state index in [4.69, 9.17) is 11.1 Å². The van der Waals surface area contributed by atoms with Gasteiger partial charge in [0.05, 0.1) is 0 Å². The van der Waals surface area contributed by atoms with Crippen molar-refractivity contribution < 1.29 is 0 Å². The normalized spacial score (nSPS) is 9.56. The summed E-state index contributed by atoms with van der Waals surface area (Å²) in [4.78, 5) is 0. The van der Waals surface area contributed by atoms with E-state index >= 15 is 0 Å². The number of rotatable bonds is 3. The molecule has 4 heteroatoms. The zero-order valence-electron chi connectivity index (χ0n) is 9.80. The first kappa shape index (κ1) is 14.8. The molecule has 94 valence electrons. The first-order valence-electron chi connectivity index (χ1n) is 5.37. The van der Waals surface area contributed by atoms with Crippen molar-refractivity contribution in [2.24, 2.45) is 5.73 Å². The summed E-state index contributed by atoms with van der Waals surface area (Å²) >= 11 is 1.35. The van der Waals surface area contributed by atoms with Crippen LogP contribution < -0.4 is 5.73 Å². The quantitative estimate of drug-likeness (QED) is 0.661. The van der Waals surface area contributed by atoms with Gasteiger partial charge >= 0.3 is 0 Å². The summed E-state index contributed by atoms with van der Waals surface area (Å²) in [6.07, 6.45) is 0. The molecule has 0 heterocycles. The van der Waals surface area contributed by atoms with Gasteiger partial charge in [-0.25, -0.2) is 0 Å². The van der Waals surface area contributed by atoms with Crippen molar-refractivity contribution in [1.82, 2.24) is 0 Å². The van der Waals surface area contributed by atoms with E-state index in [0.717, 1.165) is 5.75 Å². The maximum Gasteiger partial charge on any atom is 0.151 e. The van der Waals surface area contributed by atoms with Crippen molar-refractivity contribution in [3.8, 4) is 11.1 Å². The van der Waals surface area contributed by atoms with E-state index in [0.29, 0.717) is 0 Å². The number of benzene rings is 2. The van der Waals surface area contributed by atoms with E-state index in [-0.39, 0.29) is 22.1 Å². The van der Waals surface area contributed by atoms with Crippen molar-refractivity contribution in [1.29, 1.82) is 5.41 Å². The zero-order chi connectivity index (χ0) is 12.1. The molecule has 2 rings (SSSR count). The fourth-order valence-corrected chi connectivity index (χ4v) is 2.13. The highest BCUT2D eigenvalue weighted by molar-refractivity contribution is 8.93. The molecule has 0 aliphatic rings. The summed E-state index contributed by atoms with van der Waals surface area (Å²) in [7, 11) is 0. The minimum Gasteiger partial charge on any atom is -0.379 e. The van der Waals surface area contributed by atoms with E-state index in [1.54, 1.807) is 0 Å². The van der Waals surface area contributed by atoms with Gasteiger partial charge in [-0.1, -0.05) is 66.4 Å². The molecule has 0 unspecified atom stereocenters. The van der Waals surface area contributed by atoms with Gasteiger partial charge in [0.2, 0.25) is 0 Å². The Kier molecular flexibility index (Phi) is 5.95. The highest BCUT2D eigenvalue weighted by Gasteiger charge is 1.99. The van der Waals surface area contributed by atoms with Gasteiger partial charge in [-0.15, -0.1) is 17.0 Å². The van der Waals surface area contributed by atoms with Crippen LogP contribution in [0, 0.1) is 5.41 Å². The summed E-state index contributed by atoms with van der Waals surface area (Å²) in [5.74, 6) is 0.746. The second kappa shape index (κ2) is 7.24. The van der Waals surface area contributed by atoms with E-state index in [9.17, 15) is 0 Å². The Hall–Kier alpha value is -1.26. The molecule has 0 spiro atoms. The molecule has 18 heavy (non-hydrogen) atoms. The number of amidine groups is 1. The number of hydrogen-bond acceptors (Lipinski definition) is 2. The van der Waals surface area contributed by atoms with E-state index in [2.05, 4.69) is 30.3 Å². The third-order valence-electron chi connectivity index (χ3n) is 2.43. The Bertz CT molecular complexity index is 514. The first-order chi connectivity index (χ1) is 8.25.